The number of hydrogen-bond donors (Lipinski definition) is 0. The number of aromatic nitrogens is 2. The highest BCUT2D eigenvalue weighted by Crippen LogP contribution is 2.30. The van der Waals surface area contributed by atoms with Crippen molar-refractivity contribution in [3.05, 3.63) is 92.3 Å². The molecular formula is C28H29N5O6. The summed E-state index contributed by atoms with van der Waals surface area (Å²) in [7, 11) is 1.70. The van der Waals surface area contributed by atoms with E-state index in [9.17, 15) is 24.5 Å². The number of aryl methyl sites for hydroxylation is 1. The number of amides is 2. The van der Waals surface area contributed by atoms with E-state index in [0.717, 1.165) is 16.8 Å². The third-order valence-electron chi connectivity index (χ3n) is 7.32. The SMILES string of the molecule is Cc1ccc(C(=O)N2Cc3c(nn4c3C(=O)N(C)C[C@H](COC(=O)c3ccc([N+](=O)[O-])cc3)C4)C[C@H]2C)cc1. The zero-order valence-electron chi connectivity index (χ0n) is 22.0. The van der Waals surface area contributed by atoms with Crippen LogP contribution in [0.2, 0.25) is 0 Å². The van der Waals surface area contributed by atoms with E-state index < -0.39 is 10.9 Å². The highest BCUT2D eigenvalue weighted by atomic mass is 16.6. The fourth-order valence-electron chi connectivity index (χ4n) is 5.16. The molecule has 0 aliphatic carbocycles. The predicted molar refractivity (Wildman–Crippen MR) is 140 cm³/mol. The van der Waals surface area contributed by atoms with Gasteiger partial charge in [0.2, 0.25) is 0 Å². The number of nitro benzene ring substituents is 1. The summed E-state index contributed by atoms with van der Waals surface area (Å²) < 4.78 is 7.19. The maximum Gasteiger partial charge on any atom is 0.338 e. The number of benzene rings is 2. The van der Waals surface area contributed by atoms with Gasteiger partial charge in [0.25, 0.3) is 17.5 Å². The first-order valence-electron chi connectivity index (χ1n) is 12.8. The monoisotopic (exact) mass is 531 g/mol. The molecule has 11 heteroatoms. The molecule has 0 fully saturated rings. The third-order valence-corrected chi connectivity index (χ3v) is 7.32. The van der Waals surface area contributed by atoms with E-state index in [-0.39, 0.29) is 48.2 Å². The number of non-ortho nitro benzene ring substituents is 1. The second kappa shape index (κ2) is 10.3. The molecule has 0 unspecified atom stereocenters. The van der Waals surface area contributed by atoms with Crippen LogP contribution < -0.4 is 0 Å². The van der Waals surface area contributed by atoms with Crippen LogP contribution in [0.5, 0.6) is 0 Å². The minimum absolute atomic E-state index is 0.0475. The standard InChI is InChI=1S/C28H29N5O6/c1-17-4-6-20(7-5-17)26(34)31-15-23-24(12-18(31)2)29-32-14-19(13-30(3)27(35)25(23)32)16-39-28(36)21-8-10-22(11-9-21)33(37)38/h4-11,18-19H,12-16H2,1-3H3/t18-,19+/m1/s1. The summed E-state index contributed by atoms with van der Waals surface area (Å²) in [6.45, 7) is 5.01. The Balaban J connectivity index is 1.33. The Morgan fingerprint density at radius 2 is 1.74 bits per heavy atom. The molecule has 0 bridgehead atoms. The molecule has 0 saturated carbocycles. The zero-order valence-corrected chi connectivity index (χ0v) is 22.0. The van der Waals surface area contributed by atoms with Crippen LogP contribution in [-0.4, -0.2) is 68.5 Å². The van der Waals surface area contributed by atoms with Gasteiger partial charge in [-0.25, -0.2) is 4.79 Å². The van der Waals surface area contributed by atoms with Crippen LogP contribution in [0.1, 0.15) is 54.9 Å². The van der Waals surface area contributed by atoms with Crippen molar-refractivity contribution in [3.8, 4) is 0 Å². The molecule has 0 N–H and O–H groups in total. The largest absolute Gasteiger partial charge is 0.462 e. The van der Waals surface area contributed by atoms with Crippen LogP contribution in [0, 0.1) is 23.0 Å². The van der Waals surface area contributed by atoms with E-state index in [4.69, 9.17) is 9.84 Å². The Hall–Kier alpha value is -4.54. The van der Waals surface area contributed by atoms with E-state index in [1.165, 1.54) is 24.3 Å². The number of nitrogens with zero attached hydrogens (tertiary/aromatic N) is 5. The topological polar surface area (TPSA) is 128 Å². The van der Waals surface area contributed by atoms with Crippen molar-refractivity contribution in [2.75, 3.05) is 20.2 Å². The summed E-state index contributed by atoms with van der Waals surface area (Å²) in [5, 5.41) is 15.6. The van der Waals surface area contributed by atoms with Crippen LogP contribution >= 0.6 is 0 Å². The highest BCUT2D eigenvalue weighted by molar-refractivity contribution is 5.96. The summed E-state index contributed by atoms with van der Waals surface area (Å²) >= 11 is 0. The van der Waals surface area contributed by atoms with Crippen LogP contribution in [0.4, 0.5) is 5.69 Å². The molecule has 2 aromatic carbocycles. The van der Waals surface area contributed by atoms with Gasteiger partial charge in [-0.15, -0.1) is 0 Å². The fourth-order valence-corrected chi connectivity index (χ4v) is 5.16. The molecule has 2 aliphatic heterocycles. The lowest BCUT2D eigenvalue weighted by Gasteiger charge is -2.33. The summed E-state index contributed by atoms with van der Waals surface area (Å²) in [5.74, 6) is -1.09. The summed E-state index contributed by atoms with van der Waals surface area (Å²) in [6, 6.07) is 12.6. The lowest BCUT2D eigenvalue weighted by molar-refractivity contribution is -0.384. The van der Waals surface area contributed by atoms with Crippen molar-refractivity contribution < 1.29 is 24.0 Å². The van der Waals surface area contributed by atoms with Gasteiger partial charge in [-0.2, -0.15) is 5.10 Å². The van der Waals surface area contributed by atoms with E-state index in [1.54, 1.807) is 21.5 Å². The van der Waals surface area contributed by atoms with Gasteiger partial charge in [-0.3, -0.25) is 24.4 Å². The summed E-state index contributed by atoms with van der Waals surface area (Å²) in [4.78, 5) is 53.0. The van der Waals surface area contributed by atoms with Crippen LogP contribution in [-0.2, 0) is 24.2 Å². The van der Waals surface area contributed by atoms with Crippen molar-refractivity contribution in [2.45, 2.75) is 39.4 Å². The van der Waals surface area contributed by atoms with Crippen molar-refractivity contribution in [2.24, 2.45) is 5.92 Å². The maximum absolute atomic E-state index is 13.4. The minimum atomic E-state index is -0.595. The molecule has 3 heterocycles. The number of nitro groups is 1. The third kappa shape index (κ3) is 5.12. The fraction of sp³-hybridized carbons (Fsp3) is 0.357. The van der Waals surface area contributed by atoms with Crippen molar-refractivity contribution in [3.63, 3.8) is 0 Å². The summed E-state index contributed by atoms with van der Waals surface area (Å²) in [6.07, 6.45) is 0.531. The Morgan fingerprint density at radius 1 is 1.08 bits per heavy atom. The first kappa shape index (κ1) is 26.1. The predicted octanol–water partition coefficient (Wildman–Crippen LogP) is 3.25. The van der Waals surface area contributed by atoms with Crippen LogP contribution in [0.15, 0.2) is 48.5 Å². The van der Waals surface area contributed by atoms with Crippen LogP contribution in [0.25, 0.3) is 0 Å². The molecule has 39 heavy (non-hydrogen) atoms. The second-order valence-corrected chi connectivity index (χ2v) is 10.3. The number of fused-ring (bicyclic) bond motifs is 3. The van der Waals surface area contributed by atoms with E-state index in [1.807, 2.05) is 38.1 Å². The van der Waals surface area contributed by atoms with E-state index >= 15 is 0 Å². The smallest absolute Gasteiger partial charge is 0.338 e. The Bertz CT molecular complexity index is 1450. The molecule has 0 radical (unpaired) electrons. The molecule has 202 valence electrons. The number of esters is 1. The molecule has 5 rings (SSSR count). The van der Waals surface area contributed by atoms with Gasteiger partial charge in [0.1, 0.15) is 5.69 Å². The van der Waals surface area contributed by atoms with Gasteiger partial charge < -0.3 is 14.5 Å². The van der Waals surface area contributed by atoms with Gasteiger partial charge >= 0.3 is 5.97 Å². The van der Waals surface area contributed by atoms with E-state index in [2.05, 4.69) is 0 Å². The Morgan fingerprint density at radius 3 is 2.41 bits per heavy atom. The molecule has 11 nitrogen and oxygen atoms in total. The van der Waals surface area contributed by atoms with Crippen molar-refractivity contribution in [1.29, 1.82) is 0 Å². The number of rotatable bonds is 5. The lowest BCUT2D eigenvalue weighted by atomic mass is 9.98. The lowest BCUT2D eigenvalue weighted by Crippen LogP contribution is -2.43. The first-order valence-corrected chi connectivity index (χ1v) is 12.8. The van der Waals surface area contributed by atoms with Crippen LogP contribution in [0.3, 0.4) is 0 Å². The average molecular weight is 532 g/mol. The maximum atomic E-state index is 13.4. The van der Waals surface area contributed by atoms with Gasteiger partial charge in [0.15, 0.2) is 0 Å². The highest BCUT2D eigenvalue weighted by Gasteiger charge is 2.37. The first-order chi connectivity index (χ1) is 18.6. The normalized spacial score (nSPS) is 18.7. The Labute approximate surface area is 225 Å². The molecule has 1 aromatic heterocycles. The molecular weight excluding hydrogens is 502 g/mol. The van der Waals surface area contributed by atoms with Crippen molar-refractivity contribution in [1.82, 2.24) is 19.6 Å². The van der Waals surface area contributed by atoms with Gasteiger partial charge in [-0.1, -0.05) is 17.7 Å². The van der Waals surface area contributed by atoms with Gasteiger partial charge in [-0.05, 0) is 38.1 Å². The molecule has 2 aliphatic rings. The molecule has 0 spiro atoms. The molecule has 0 saturated heterocycles. The van der Waals surface area contributed by atoms with E-state index in [0.29, 0.717) is 30.8 Å². The quantitative estimate of drug-likeness (QED) is 0.281. The number of carbonyl (C=O) groups is 3. The summed E-state index contributed by atoms with van der Waals surface area (Å²) in [5.41, 5.74) is 3.80. The van der Waals surface area contributed by atoms with Gasteiger partial charge in [0, 0.05) is 61.8 Å². The zero-order chi connectivity index (χ0) is 27.8. The average Bonchev–Trinajstić information content (AvgIpc) is 3.21. The number of ether oxygens (including phenoxy) is 1. The second-order valence-electron chi connectivity index (χ2n) is 10.3. The number of carbonyl (C=O) groups excluding carboxylic acids is 3. The number of hydrogen-bond acceptors (Lipinski definition) is 7. The van der Waals surface area contributed by atoms with Crippen molar-refractivity contribution >= 4 is 23.5 Å². The molecule has 3 aromatic rings. The molecule has 2 amide bonds. The Kier molecular flexibility index (Phi) is 6.90. The minimum Gasteiger partial charge on any atom is -0.462 e. The van der Waals surface area contributed by atoms with Gasteiger partial charge in [0.05, 0.1) is 29.3 Å². The molecule has 2 atom stereocenters.